The van der Waals surface area contributed by atoms with Crippen LogP contribution in [0.15, 0.2) is 46.8 Å². The predicted molar refractivity (Wildman–Crippen MR) is 114 cm³/mol. The number of ketones is 1. The maximum atomic E-state index is 13.2. The normalized spacial score (nSPS) is 20.9. The van der Waals surface area contributed by atoms with Crippen molar-refractivity contribution in [1.82, 2.24) is 5.32 Å². The Hall–Kier alpha value is -2.60. The Morgan fingerprint density at radius 3 is 2.50 bits per heavy atom. The van der Waals surface area contributed by atoms with Crippen LogP contribution < -0.4 is 5.32 Å². The van der Waals surface area contributed by atoms with Gasteiger partial charge in [-0.1, -0.05) is 26.0 Å². The second-order valence-corrected chi connectivity index (χ2v) is 9.08. The van der Waals surface area contributed by atoms with E-state index < -0.39 is 11.9 Å². The molecule has 2 N–H and O–H groups in total. The van der Waals surface area contributed by atoms with E-state index in [0.717, 1.165) is 17.7 Å². The minimum atomic E-state index is -0.524. The first-order valence-corrected chi connectivity index (χ1v) is 10.4. The third-order valence-electron chi connectivity index (χ3n) is 5.45. The van der Waals surface area contributed by atoms with E-state index in [0.29, 0.717) is 29.9 Å². The summed E-state index contributed by atoms with van der Waals surface area (Å²) in [5.74, 6) is -0.819. The van der Waals surface area contributed by atoms with E-state index in [1.807, 2.05) is 20.8 Å². The number of phenolic OH excluding ortho intramolecular Hbond substituents is 1. The van der Waals surface area contributed by atoms with Crippen molar-refractivity contribution in [3.8, 4) is 5.75 Å². The second kappa shape index (κ2) is 8.64. The van der Waals surface area contributed by atoms with E-state index in [2.05, 4.69) is 19.2 Å². The highest BCUT2D eigenvalue weighted by atomic mass is 16.6. The van der Waals surface area contributed by atoms with Gasteiger partial charge in [0, 0.05) is 29.3 Å². The molecule has 0 amide bonds. The highest BCUT2D eigenvalue weighted by Gasteiger charge is 2.43. The number of phenols is 1. The lowest BCUT2D eigenvalue weighted by atomic mass is 9.68. The molecule has 1 aliphatic carbocycles. The first-order chi connectivity index (χ1) is 14.1. The van der Waals surface area contributed by atoms with Crippen LogP contribution in [0.3, 0.4) is 0 Å². The fraction of sp³-hybridized carbons (Fsp3) is 0.500. The van der Waals surface area contributed by atoms with Crippen molar-refractivity contribution in [2.45, 2.75) is 59.5 Å². The maximum absolute atomic E-state index is 13.2. The molecule has 3 rings (SSSR count). The molecule has 1 aliphatic heterocycles. The summed E-state index contributed by atoms with van der Waals surface area (Å²) in [7, 11) is 0. The van der Waals surface area contributed by atoms with E-state index in [1.54, 1.807) is 24.3 Å². The molecule has 2 aliphatic rings. The lowest BCUT2D eigenvalue weighted by molar-refractivity contribution is -0.141. The van der Waals surface area contributed by atoms with Crippen LogP contribution in [0.5, 0.6) is 5.75 Å². The van der Waals surface area contributed by atoms with E-state index in [9.17, 15) is 14.7 Å². The number of aromatic hydroxyl groups is 1. The molecule has 30 heavy (non-hydrogen) atoms. The number of dihydropyridines is 1. The summed E-state index contributed by atoms with van der Waals surface area (Å²) in [6.45, 7) is 10.3. The van der Waals surface area contributed by atoms with Crippen molar-refractivity contribution in [2.24, 2.45) is 5.41 Å². The van der Waals surface area contributed by atoms with Gasteiger partial charge in [-0.3, -0.25) is 4.79 Å². The molecule has 6 nitrogen and oxygen atoms in total. The molecule has 162 valence electrons. The largest absolute Gasteiger partial charge is 0.508 e. The van der Waals surface area contributed by atoms with Crippen LogP contribution in [0.25, 0.3) is 0 Å². The van der Waals surface area contributed by atoms with Crippen molar-refractivity contribution in [3.63, 3.8) is 0 Å². The molecule has 0 saturated heterocycles. The molecule has 1 atom stereocenters. The monoisotopic (exact) mass is 413 g/mol. The third-order valence-corrected chi connectivity index (χ3v) is 5.45. The van der Waals surface area contributed by atoms with Gasteiger partial charge in [0.15, 0.2) is 5.78 Å². The fourth-order valence-electron chi connectivity index (χ4n) is 4.20. The fourth-order valence-corrected chi connectivity index (χ4v) is 4.20. The number of carbonyl (C=O) groups excluding carboxylic acids is 2. The second-order valence-electron chi connectivity index (χ2n) is 9.08. The summed E-state index contributed by atoms with van der Waals surface area (Å²) >= 11 is 0. The van der Waals surface area contributed by atoms with Gasteiger partial charge >= 0.3 is 5.97 Å². The summed E-state index contributed by atoms with van der Waals surface area (Å²) in [6.07, 6.45) is 1.21. The van der Waals surface area contributed by atoms with Gasteiger partial charge in [-0.05, 0) is 50.3 Å². The van der Waals surface area contributed by atoms with Crippen LogP contribution in [-0.4, -0.2) is 36.2 Å². The summed E-state index contributed by atoms with van der Waals surface area (Å²) < 4.78 is 10.9. The maximum Gasteiger partial charge on any atom is 0.336 e. The molecule has 0 spiro atoms. The molecular formula is C24H31NO5. The first-order valence-electron chi connectivity index (χ1n) is 10.4. The van der Waals surface area contributed by atoms with E-state index in [1.165, 1.54) is 0 Å². The number of benzene rings is 1. The van der Waals surface area contributed by atoms with Crippen molar-refractivity contribution in [1.29, 1.82) is 0 Å². The zero-order chi connectivity index (χ0) is 22.1. The van der Waals surface area contributed by atoms with Crippen molar-refractivity contribution in [2.75, 3.05) is 13.2 Å². The Morgan fingerprint density at radius 1 is 1.20 bits per heavy atom. The number of Topliss-reactive ketones (excluding diaryl/α,β-unsaturated/α-hetero) is 1. The SMILES string of the molecule is CC1=C(C(=O)OCCOC(C)C)[C@@H](c2ccc(O)cc2)C2=C(CC(C)(C)CC2=O)N1. The van der Waals surface area contributed by atoms with Gasteiger partial charge in [0.25, 0.3) is 0 Å². The highest BCUT2D eigenvalue weighted by molar-refractivity contribution is 6.04. The number of ether oxygens (including phenoxy) is 2. The molecule has 1 aromatic rings. The van der Waals surface area contributed by atoms with Gasteiger partial charge in [-0.25, -0.2) is 4.79 Å². The van der Waals surface area contributed by atoms with Crippen LogP contribution in [-0.2, 0) is 19.1 Å². The molecule has 0 fully saturated rings. The Morgan fingerprint density at radius 2 is 1.87 bits per heavy atom. The van der Waals surface area contributed by atoms with Crippen LogP contribution in [0.1, 0.15) is 58.9 Å². The van der Waals surface area contributed by atoms with Gasteiger partial charge in [0.05, 0.1) is 18.3 Å². The molecule has 0 aromatic heterocycles. The summed E-state index contributed by atoms with van der Waals surface area (Å²) in [5, 5.41) is 13.0. The van der Waals surface area contributed by atoms with Gasteiger partial charge < -0.3 is 19.9 Å². The molecule has 1 heterocycles. The van der Waals surface area contributed by atoms with Crippen LogP contribution in [0, 0.1) is 5.41 Å². The van der Waals surface area contributed by atoms with E-state index in [4.69, 9.17) is 9.47 Å². The molecule has 6 heteroatoms. The average Bonchev–Trinajstić information content (AvgIpc) is 2.63. The minimum Gasteiger partial charge on any atom is -0.508 e. The van der Waals surface area contributed by atoms with Crippen molar-refractivity contribution >= 4 is 11.8 Å². The Kier molecular flexibility index (Phi) is 6.36. The summed E-state index contributed by atoms with van der Waals surface area (Å²) in [4.78, 5) is 26.2. The Labute approximate surface area is 178 Å². The quantitative estimate of drug-likeness (QED) is 0.542. The standard InChI is InChI=1S/C24H31NO5/c1-14(2)29-10-11-30-23(28)20-15(3)25-18-12-24(4,5)13-19(27)22(18)21(20)16-6-8-17(26)9-7-16/h6-9,14,21,25-26H,10-13H2,1-5H3/t21-/m1/s1. The zero-order valence-corrected chi connectivity index (χ0v) is 18.4. The Balaban J connectivity index is 1.97. The van der Waals surface area contributed by atoms with Crippen LogP contribution in [0.4, 0.5) is 0 Å². The van der Waals surface area contributed by atoms with E-state index >= 15 is 0 Å². The molecule has 1 aromatic carbocycles. The third kappa shape index (κ3) is 4.75. The number of rotatable bonds is 6. The summed E-state index contributed by atoms with van der Waals surface area (Å²) in [5.41, 5.74) is 3.24. The molecular weight excluding hydrogens is 382 g/mol. The Bertz CT molecular complexity index is 893. The zero-order valence-electron chi connectivity index (χ0n) is 18.4. The van der Waals surface area contributed by atoms with Gasteiger partial charge in [0.1, 0.15) is 12.4 Å². The molecule has 0 radical (unpaired) electrons. The molecule has 0 saturated carbocycles. The topological polar surface area (TPSA) is 84.9 Å². The van der Waals surface area contributed by atoms with Crippen LogP contribution in [0.2, 0.25) is 0 Å². The van der Waals surface area contributed by atoms with Gasteiger partial charge in [-0.15, -0.1) is 0 Å². The number of hydrogen-bond donors (Lipinski definition) is 2. The lowest BCUT2D eigenvalue weighted by Gasteiger charge is -2.39. The average molecular weight is 414 g/mol. The molecule has 0 bridgehead atoms. The van der Waals surface area contributed by atoms with Crippen molar-refractivity contribution in [3.05, 3.63) is 52.4 Å². The number of carbonyl (C=O) groups is 2. The summed E-state index contributed by atoms with van der Waals surface area (Å²) in [6, 6.07) is 6.66. The van der Waals surface area contributed by atoms with Crippen LogP contribution >= 0.6 is 0 Å². The van der Waals surface area contributed by atoms with Crippen molar-refractivity contribution < 1.29 is 24.2 Å². The number of nitrogens with one attached hydrogen (secondary N) is 1. The first kappa shape index (κ1) is 22.1. The smallest absolute Gasteiger partial charge is 0.336 e. The number of esters is 1. The lowest BCUT2D eigenvalue weighted by Crippen LogP contribution is -2.38. The highest BCUT2D eigenvalue weighted by Crippen LogP contribution is 2.46. The number of allylic oxidation sites excluding steroid dienone is 3. The van der Waals surface area contributed by atoms with E-state index in [-0.39, 0.29) is 29.7 Å². The number of hydrogen-bond acceptors (Lipinski definition) is 6. The predicted octanol–water partition coefficient (Wildman–Crippen LogP) is 3.96. The van der Waals surface area contributed by atoms with Gasteiger partial charge in [-0.2, -0.15) is 0 Å². The van der Waals surface area contributed by atoms with Gasteiger partial charge in [0.2, 0.25) is 0 Å². The molecule has 0 unspecified atom stereocenters. The minimum absolute atomic E-state index is 0.0350.